The Hall–Kier alpha value is -1.07. The van der Waals surface area contributed by atoms with E-state index in [-0.39, 0.29) is 5.91 Å². The number of benzene rings is 2. The number of halogens is 3. The minimum Gasteiger partial charge on any atom is -0.324 e. The molecule has 0 fully saturated rings. The fraction of sp³-hybridized carbons (Fsp3) is 0.235. The lowest BCUT2D eigenvalue weighted by atomic mass is 10.2. The molecule has 0 unspecified atom stereocenters. The minimum atomic E-state index is -0.109. The number of anilines is 1. The lowest BCUT2D eigenvalue weighted by Gasteiger charge is -2.17. The molecule has 2 aromatic carbocycles. The summed E-state index contributed by atoms with van der Waals surface area (Å²) < 4.78 is 1.06. The van der Waals surface area contributed by atoms with Gasteiger partial charge >= 0.3 is 0 Å². The number of hydrogen-bond acceptors (Lipinski definition) is 2. The van der Waals surface area contributed by atoms with E-state index in [9.17, 15) is 4.79 Å². The summed E-state index contributed by atoms with van der Waals surface area (Å²) in [5, 5.41) is 3.65. The van der Waals surface area contributed by atoms with Crippen LogP contribution >= 0.6 is 39.1 Å². The average Bonchev–Trinajstić information content (AvgIpc) is 2.51. The van der Waals surface area contributed by atoms with E-state index in [1.54, 1.807) is 18.2 Å². The van der Waals surface area contributed by atoms with E-state index in [0.717, 1.165) is 11.0 Å². The van der Waals surface area contributed by atoms with Gasteiger partial charge in [0.15, 0.2) is 0 Å². The van der Waals surface area contributed by atoms with Gasteiger partial charge in [0.05, 0.1) is 15.7 Å². The van der Waals surface area contributed by atoms with Crippen LogP contribution in [0.2, 0.25) is 10.0 Å². The van der Waals surface area contributed by atoms with E-state index >= 15 is 0 Å². The third-order valence-corrected chi connectivity index (χ3v) is 4.47. The first kappa shape index (κ1) is 18.3. The number of rotatable bonds is 6. The zero-order chi connectivity index (χ0) is 16.8. The highest BCUT2D eigenvalue weighted by atomic mass is 79.9. The van der Waals surface area contributed by atoms with Crippen molar-refractivity contribution in [1.29, 1.82) is 0 Å². The molecular weight excluding hydrogens is 399 g/mol. The van der Waals surface area contributed by atoms with Crippen LogP contribution in [0.5, 0.6) is 0 Å². The molecule has 0 atom stereocenters. The van der Waals surface area contributed by atoms with E-state index < -0.39 is 0 Å². The molecule has 1 amide bonds. The molecule has 0 aliphatic rings. The van der Waals surface area contributed by atoms with Gasteiger partial charge in [-0.05, 0) is 36.9 Å². The van der Waals surface area contributed by atoms with Crippen LogP contribution in [0.4, 0.5) is 5.69 Å². The number of amides is 1. The van der Waals surface area contributed by atoms with E-state index in [4.69, 9.17) is 23.2 Å². The van der Waals surface area contributed by atoms with Crippen molar-refractivity contribution in [2.75, 3.05) is 18.9 Å². The third-order valence-electron chi connectivity index (χ3n) is 3.31. The van der Waals surface area contributed by atoms with Crippen LogP contribution in [0.3, 0.4) is 0 Å². The van der Waals surface area contributed by atoms with Crippen molar-refractivity contribution < 1.29 is 4.79 Å². The first-order valence-electron chi connectivity index (χ1n) is 7.12. The zero-order valence-corrected chi connectivity index (χ0v) is 15.7. The van der Waals surface area contributed by atoms with Crippen molar-refractivity contribution in [3.63, 3.8) is 0 Å². The van der Waals surface area contributed by atoms with Gasteiger partial charge in [-0.15, -0.1) is 0 Å². The highest BCUT2D eigenvalue weighted by Gasteiger charge is 2.10. The molecule has 0 aliphatic carbocycles. The maximum atomic E-state index is 12.1. The Kier molecular flexibility index (Phi) is 6.90. The zero-order valence-electron chi connectivity index (χ0n) is 12.7. The molecule has 2 rings (SSSR count). The van der Waals surface area contributed by atoms with Crippen LogP contribution < -0.4 is 5.32 Å². The average molecular weight is 416 g/mol. The molecule has 0 saturated carbocycles. The summed E-state index contributed by atoms with van der Waals surface area (Å²) in [6.45, 7) is 1.43. The summed E-state index contributed by atoms with van der Waals surface area (Å²) in [4.78, 5) is 14.2. The smallest absolute Gasteiger partial charge is 0.225 e. The van der Waals surface area contributed by atoms with Crippen molar-refractivity contribution in [2.45, 2.75) is 13.0 Å². The Labute approximate surface area is 154 Å². The fourth-order valence-electron chi connectivity index (χ4n) is 2.09. The first-order chi connectivity index (χ1) is 11.0. The van der Waals surface area contributed by atoms with Gasteiger partial charge in [0.2, 0.25) is 5.91 Å². The lowest BCUT2D eigenvalue weighted by Crippen LogP contribution is -2.24. The normalized spacial score (nSPS) is 10.8. The number of nitrogens with one attached hydrogen (secondary N) is 1. The molecule has 0 radical (unpaired) electrons. The Bertz CT molecular complexity index is 657. The monoisotopic (exact) mass is 414 g/mol. The second kappa shape index (κ2) is 8.69. The topological polar surface area (TPSA) is 32.3 Å². The predicted molar refractivity (Wildman–Crippen MR) is 100 cm³/mol. The second-order valence-corrected chi connectivity index (χ2v) is 6.99. The lowest BCUT2D eigenvalue weighted by molar-refractivity contribution is -0.116. The first-order valence-corrected chi connectivity index (χ1v) is 8.67. The van der Waals surface area contributed by atoms with Crippen LogP contribution in [0, 0.1) is 0 Å². The van der Waals surface area contributed by atoms with Crippen LogP contribution in [0.1, 0.15) is 12.0 Å². The van der Waals surface area contributed by atoms with E-state index in [1.807, 2.05) is 19.2 Å². The summed E-state index contributed by atoms with van der Waals surface area (Å²) >= 11 is 15.5. The van der Waals surface area contributed by atoms with Crippen LogP contribution in [-0.4, -0.2) is 24.4 Å². The number of nitrogens with zero attached hydrogens (tertiary/aromatic N) is 1. The molecule has 0 saturated heterocycles. The maximum absolute atomic E-state index is 12.1. The Morgan fingerprint density at radius 2 is 1.74 bits per heavy atom. The largest absolute Gasteiger partial charge is 0.324 e. The molecule has 0 spiro atoms. The predicted octanol–water partition coefficient (Wildman–Crippen LogP) is 5.22. The van der Waals surface area contributed by atoms with Gasteiger partial charge in [-0.25, -0.2) is 0 Å². The molecule has 0 aliphatic heterocycles. The number of hydrogen-bond donors (Lipinski definition) is 1. The number of carbonyl (C=O) groups is 1. The molecule has 1 N–H and O–H groups in total. The van der Waals surface area contributed by atoms with Gasteiger partial charge in [-0.3, -0.25) is 4.79 Å². The summed E-state index contributed by atoms with van der Waals surface area (Å²) in [5.41, 5.74) is 1.67. The summed E-state index contributed by atoms with van der Waals surface area (Å²) in [6, 6.07) is 13.3. The molecule has 23 heavy (non-hydrogen) atoms. The van der Waals surface area contributed by atoms with E-state index in [2.05, 4.69) is 38.3 Å². The molecule has 3 nitrogen and oxygen atoms in total. The fourth-order valence-corrected chi connectivity index (χ4v) is 2.85. The van der Waals surface area contributed by atoms with Crippen LogP contribution in [0.25, 0.3) is 0 Å². The van der Waals surface area contributed by atoms with Crippen molar-refractivity contribution in [3.8, 4) is 0 Å². The summed E-state index contributed by atoms with van der Waals surface area (Å²) in [5.74, 6) is -0.109. The van der Waals surface area contributed by atoms with Crippen molar-refractivity contribution in [1.82, 2.24) is 4.90 Å². The summed E-state index contributed by atoms with van der Waals surface area (Å²) in [6.07, 6.45) is 0.370. The quantitative estimate of drug-likeness (QED) is 0.701. The van der Waals surface area contributed by atoms with Gasteiger partial charge in [-0.1, -0.05) is 57.3 Å². The summed E-state index contributed by atoms with van der Waals surface area (Å²) in [7, 11) is 1.98. The molecule has 2 aromatic rings. The highest BCUT2D eigenvalue weighted by molar-refractivity contribution is 9.10. The SMILES string of the molecule is CN(CCC(=O)Nc1c(Cl)cccc1Cl)Cc1ccc(Br)cc1. The maximum Gasteiger partial charge on any atom is 0.225 e. The van der Waals surface area contributed by atoms with Gasteiger partial charge < -0.3 is 10.2 Å². The number of carbonyl (C=O) groups excluding carboxylic acids is 1. The molecule has 0 bridgehead atoms. The third kappa shape index (κ3) is 5.81. The van der Waals surface area contributed by atoms with Crippen LogP contribution in [-0.2, 0) is 11.3 Å². The Morgan fingerprint density at radius 1 is 1.13 bits per heavy atom. The standard InChI is InChI=1S/C17H17BrCl2N2O/c1-22(11-12-5-7-13(18)8-6-12)10-9-16(23)21-17-14(19)3-2-4-15(17)20/h2-8H,9-11H2,1H3,(H,21,23). The van der Waals surface area contributed by atoms with E-state index in [1.165, 1.54) is 5.56 Å². The molecular formula is C17H17BrCl2N2O. The van der Waals surface area contributed by atoms with Crippen molar-refractivity contribution in [2.24, 2.45) is 0 Å². The second-order valence-electron chi connectivity index (χ2n) is 5.26. The molecule has 6 heteroatoms. The Balaban J connectivity index is 1.83. The van der Waals surface area contributed by atoms with Gasteiger partial charge in [-0.2, -0.15) is 0 Å². The highest BCUT2D eigenvalue weighted by Crippen LogP contribution is 2.29. The van der Waals surface area contributed by atoms with Crippen molar-refractivity contribution in [3.05, 3.63) is 62.5 Å². The van der Waals surface area contributed by atoms with Gasteiger partial charge in [0, 0.05) is 24.0 Å². The molecule has 0 heterocycles. The van der Waals surface area contributed by atoms with Gasteiger partial charge in [0.25, 0.3) is 0 Å². The molecule has 122 valence electrons. The number of para-hydroxylation sites is 1. The van der Waals surface area contributed by atoms with Crippen molar-refractivity contribution >= 4 is 50.7 Å². The minimum absolute atomic E-state index is 0.109. The van der Waals surface area contributed by atoms with E-state index in [0.29, 0.717) is 28.7 Å². The Morgan fingerprint density at radius 3 is 2.35 bits per heavy atom. The van der Waals surface area contributed by atoms with Gasteiger partial charge in [0.1, 0.15) is 0 Å². The van der Waals surface area contributed by atoms with Crippen LogP contribution in [0.15, 0.2) is 46.9 Å². The molecule has 0 aromatic heterocycles.